The van der Waals surface area contributed by atoms with E-state index in [9.17, 15) is 14.7 Å². The van der Waals surface area contributed by atoms with Crippen molar-refractivity contribution in [1.82, 2.24) is 10.4 Å². The minimum absolute atomic E-state index is 0.0484. The third-order valence-corrected chi connectivity index (χ3v) is 6.91. The summed E-state index contributed by atoms with van der Waals surface area (Å²) in [5.41, 5.74) is 1.06. The number of benzene rings is 2. The molecule has 1 aliphatic heterocycles. The van der Waals surface area contributed by atoms with Gasteiger partial charge in [-0.1, -0.05) is 50.2 Å². The lowest BCUT2D eigenvalue weighted by Crippen LogP contribution is -2.66. The Kier molecular flexibility index (Phi) is 7.60. The Labute approximate surface area is 196 Å². The van der Waals surface area contributed by atoms with Crippen LogP contribution in [0.4, 0.5) is 0 Å². The van der Waals surface area contributed by atoms with E-state index in [1.807, 2.05) is 18.2 Å². The number of carboxylic acids is 1. The molecule has 2 atom stereocenters. The number of piperidine rings is 1. The van der Waals surface area contributed by atoms with Crippen LogP contribution < -0.4 is 5.32 Å². The number of hydroxylamine groups is 2. The molecule has 2 unspecified atom stereocenters. The molecule has 0 aromatic heterocycles. The summed E-state index contributed by atoms with van der Waals surface area (Å²) in [7, 11) is 0. The summed E-state index contributed by atoms with van der Waals surface area (Å²) in [6, 6.07) is 16.3. The summed E-state index contributed by atoms with van der Waals surface area (Å²) in [5, 5.41) is 14.6. The van der Waals surface area contributed by atoms with Crippen molar-refractivity contribution in [3.63, 3.8) is 0 Å². The van der Waals surface area contributed by atoms with Gasteiger partial charge in [-0.2, -0.15) is 5.06 Å². The van der Waals surface area contributed by atoms with E-state index in [0.717, 1.165) is 31.2 Å². The predicted molar refractivity (Wildman–Crippen MR) is 129 cm³/mol. The highest BCUT2D eigenvalue weighted by atomic mass is 16.7. The first-order valence-corrected chi connectivity index (χ1v) is 11.8. The van der Waals surface area contributed by atoms with Crippen LogP contribution in [0, 0.1) is 0 Å². The molecule has 33 heavy (non-hydrogen) atoms. The molecule has 1 fully saturated rings. The van der Waals surface area contributed by atoms with Crippen LogP contribution in [-0.4, -0.2) is 39.2 Å². The Hall–Kier alpha value is -2.70. The van der Waals surface area contributed by atoms with E-state index in [0.29, 0.717) is 5.56 Å². The summed E-state index contributed by atoms with van der Waals surface area (Å²) < 4.78 is 0. The largest absolute Gasteiger partial charge is 0.478 e. The number of carbonyl (C=O) groups is 2. The van der Waals surface area contributed by atoms with Crippen LogP contribution in [-0.2, 0) is 4.84 Å². The lowest BCUT2D eigenvalue weighted by Gasteiger charge is -2.57. The number of aromatic carboxylic acids is 1. The summed E-state index contributed by atoms with van der Waals surface area (Å²) in [6.07, 6.45) is 3.16. The van der Waals surface area contributed by atoms with E-state index in [4.69, 9.17) is 4.84 Å². The number of nitrogens with zero attached hydrogens (tertiary/aromatic N) is 1. The van der Waals surface area contributed by atoms with Crippen molar-refractivity contribution >= 4 is 11.9 Å². The highest BCUT2D eigenvalue weighted by Crippen LogP contribution is 2.44. The average Bonchev–Trinajstić information content (AvgIpc) is 2.80. The van der Waals surface area contributed by atoms with Gasteiger partial charge in [-0.05, 0) is 70.2 Å². The zero-order valence-electron chi connectivity index (χ0n) is 20.3. The first-order valence-electron chi connectivity index (χ1n) is 11.8. The van der Waals surface area contributed by atoms with Gasteiger partial charge in [0.1, 0.15) is 6.10 Å². The van der Waals surface area contributed by atoms with Crippen LogP contribution in [0.15, 0.2) is 54.6 Å². The molecular formula is C27H36N2O4. The number of carboxylic acid groups (broad SMARTS) is 1. The van der Waals surface area contributed by atoms with E-state index >= 15 is 0 Å². The van der Waals surface area contributed by atoms with Gasteiger partial charge in [-0.15, -0.1) is 0 Å². The van der Waals surface area contributed by atoms with Crippen LogP contribution in [0.25, 0.3) is 0 Å². The van der Waals surface area contributed by atoms with Crippen molar-refractivity contribution in [3.05, 3.63) is 71.3 Å². The van der Waals surface area contributed by atoms with Gasteiger partial charge in [0, 0.05) is 22.7 Å². The topological polar surface area (TPSA) is 78.9 Å². The van der Waals surface area contributed by atoms with Crippen molar-refractivity contribution in [1.29, 1.82) is 0 Å². The van der Waals surface area contributed by atoms with Gasteiger partial charge in [-0.25, -0.2) is 4.79 Å². The summed E-state index contributed by atoms with van der Waals surface area (Å²) in [5.74, 6) is -1.29. The second-order valence-corrected chi connectivity index (χ2v) is 9.66. The van der Waals surface area contributed by atoms with Gasteiger partial charge < -0.3 is 10.4 Å². The molecule has 6 nitrogen and oxygen atoms in total. The Morgan fingerprint density at radius 3 is 2.30 bits per heavy atom. The maximum absolute atomic E-state index is 13.0. The van der Waals surface area contributed by atoms with E-state index in [-0.39, 0.29) is 34.7 Å². The van der Waals surface area contributed by atoms with Crippen molar-refractivity contribution in [3.8, 4) is 0 Å². The maximum Gasteiger partial charge on any atom is 0.335 e. The fraction of sp³-hybridized carbons (Fsp3) is 0.481. The first-order chi connectivity index (χ1) is 15.6. The number of rotatable bonds is 8. The van der Waals surface area contributed by atoms with Gasteiger partial charge in [0.15, 0.2) is 0 Å². The molecule has 1 amide bonds. The van der Waals surface area contributed by atoms with Gasteiger partial charge in [-0.3, -0.25) is 9.63 Å². The minimum Gasteiger partial charge on any atom is -0.478 e. The van der Waals surface area contributed by atoms with Crippen LogP contribution in [0.1, 0.15) is 92.7 Å². The molecule has 2 aromatic carbocycles. The number of amides is 1. The molecule has 3 rings (SSSR count). The van der Waals surface area contributed by atoms with Crippen LogP contribution >= 0.6 is 0 Å². The molecule has 0 spiro atoms. The molecule has 0 saturated carbocycles. The average molecular weight is 453 g/mol. The third kappa shape index (κ3) is 5.45. The summed E-state index contributed by atoms with van der Waals surface area (Å²) in [4.78, 5) is 30.9. The number of nitrogens with one attached hydrogen (secondary N) is 1. The maximum atomic E-state index is 13.0. The van der Waals surface area contributed by atoms with Gasteiger partial charge in [0.2, 0.25) is 0 Å². The zero-order chi connectivity index (χ0) is 24.2. The Morgan fingerprint density at radius 2 is 1.70 bits per heavy atom. The zero-order valence-corrected chi connectivity index (χ0v) is 20.3. The number of hydrogen-bond donors (Lipinski definition) is 2. The molecular weight excluding hydrogens is 416 g/mol. The van der Waals surface area contributed by atoms with Crippen LogP contribution in [0.3, 0.4) is 0 Å². The Morgan fingerprint density at radius 1 is 1.06 bits per heavy atom. The second kappa shape index (κ2) is 10.1. The molecule has 0 bridgehead atoms. The Balaban J connectivity index is 1.81. The SMILES string of the molecule is CCC1(CC)CC(NC(=O)c2cccc(C(=O)O)c2)CC(C)(C)N1OC(C)c1ccccc1. The highest BCUT2D eigenvalue weighted by Gasteiger charge is 2.50. The van der Waals surface area contributed by atoms with Crippen LogP contribution in [0.2, 0.25) is 0 Å². The molecule has 1 heterocycles. The van der Waals surface area contributed by atoms with E-state index in [1.54, 1.807) is 12.1 Å². The van der Waals surface area contributed by atoms with Gasteiger partial charge in [0.25, 0.3) is 5.91 Å². The van der Waals surface area contributed by atoms with Crippen LogP contribution in [0.5, 0.6) is 0 Å². The fourth-order valence-corrected chi connectivity index (χ4v) is 5.13. The predicted octanol–water partition coefficient (Wildman–Crippen LogP) is 5.61. The first kappa shape index (κ1) is 24.9. The van der Waals surface area contributed by atoms with E-state index in [2.05, 4.69) is 57.1 Å². The number of carbonyl (C=O) groups excluding carboxylic acids is 1. The van der Waals surface area contributed by atoms with Crippen molar-refractivity contribution in [2.75, 3.05) is 0 Å². The quantitative estimate of drug-likeness (QED) is 0.544. The summed E-state index contributed by atoms with van der Waals surface area (Å²) in [6.45, 7) is 10.7. The fourth-order valence-electron chi connectivity index (χ4n) is 5.13. The highest BCUT2D eigenvalue weighted by molar-refractivity contribution is 5.97. The van der Waals surface area contributed by atoms with Crippen molar-refractivity contribution in [2.45, 2.75) is 83.5 Å². The lowest BCUT2D eigenvalue weighted by molar-refractivity contribution is -0.316. The lowest BCUT2D eigenvalue weighted by atomic mass is 9.74. The monoisotopic (exact) mass is 452 g/mol. The molecule has 2 aromatic rings. The second-order valence-electron chi connectivity index (χ2n) is 9.66. The summed E-state index contributed by atoms with van der Waals surface area (Å²) >= 11 is 0. The van der Waals surface area contributed by atoms with Gasteiger partial charge in [0.05, 0.1) is 5.56 Å². The normalized spacial score (nSPS) is 20.7. The minimum atomic E-state index is -1.04. The van der Waals surface area contributed by atoms with Crippen molar-refractivity contribution in [2.24, 2.45) is 0 Å². The van der Waals surface area contributed by atoms with Gasteiger partial charge >= 0.3 is 5.97 Å². The van der Waals surface area contributed by atoms with E-state index < -0.39 is 5.97 Å². The molecule has 1 saturated heterocycles. The Bertz CT molecular complexity index is 969. The molecule has 1 aliphatic rings. The van der Waals surface area contributed by atoms with E-state index in [1.165, 1.54) is 12.1 Å². The standard InChI is InChI=1S/C27H36N2O4/c1-6-27(7-2)18-23(28-24(30)21-14-11-15-22(16-21)25(31)32)17-26(4,5)29(27)33-19(3)20-12-9-8-10-13-20/h8-16,19,23H,6-7,17-18H2,1-5H3,(H,28,30)(H,31,32). The third-order valence-electron chi connectivity index (χ3n) is 6.91. The molecule has 178 valence electrons. The molecule has 0 radical (unpaired) electrons. The smallest absolute Gasteiger partial charge is 0.335 e. The van der Waals surface area contributed by atoms with Crippen molar-refractivity contribution < 1.29 is 19.5 Å². The molecule has 2 N–H and O–H groups in total. The molecule has 0 aliphatic carbocycles. The number of hydrogen-bond acceptors (Lipinski definition) is 4. The molecule has 6 heteroatoms.